The molecule has 21 heavy (non-hydrogen) atoms. The number of carbonyl (C=O) groups is 1. The minimum Gasteiger partial charge on any atom is -0.335 e. The van der Waals surface area contributed by atoms with Gasteiger partial charge in [-0.1, -0.05) is 0 Å². The summed E-state index contributed by atoms with van der Waals surface area (Å²) in [5.74, 6) is 0.504. The highest BCUT2D eigenvalue weighted by Gasteiger charge is 2.34. The van der Waals surface area contributed by atoms with E-state index in [1.165, 1.54) is 5.56 Å². The number of amides is 1. The summed E-state index contributed by atoms with van der Waals surface area (Å²) in [5, 5.41) is 7.57. The van der Waals surface area contributed by atoms with Gasteiger partial charge in [-0.2, -0.15) is 5.10 Å². The second kappa shape index (κ2) is 8.01. The molecule has 0 radical (unpaired) electrons. The Morgan fingerprint density at radius 3 is 2.76 bits per heavy atom. The number of rotatable bonds is 2. The Morgan fingerprint density at radius 1 is 1.33 bits per heavy atom. The fraction of sp³-hybridized carbons (Fsp3) is 0.714. The monoisotopic (exact) mass is 334 g/mol. The first kappa shape index (κ1) is 18.3. The summed E-state index contributed by atoms with van der Waals surface area (Å²) in [6, 6.07) is 0.239. The third kappa shape index (κ3) is 3.90. The summed E-state index contributed by atoms with van der Waals surface area (Å²) >= 11 is 0. The molecule has 1 unspecified atom stereocenters. The zero-order chi connectivity index (χ0) is 13.2. The zero-order valence-corrected chi connectivity index (χ0v) is 14.0. The smallest absolute Gasteiger partial charge is 0.227 e. The maximum atomic E-state index is 12.6. The number of likely N-dealkylation sites (tertiary alicyclic amines) is 1. The van der Waals surface area contributed by atoms with Crippen molar-refractivity contribution >= 4 is 30.7 Å². The molecule has 0 saturated carbocycles. The molecule has 0 bridgehead atoms. The predicted molar refractivity (Wildman–Crippen MR) is 87.0 cm³/mol. The van der Waals surface area contributed by atoms with Crippen molar-refractivity contribution in [2.45, 2.75) is 31.7 Å². The lowest BCUT2D eigenvalue weighted by atomic mass is 9.97. The fourth-order valence-electron chi connectivity index (χ4n) is 3.29. The van der Waals surface area contributed by atoms with E-state index in [0.29, 0.717) is 5.91 Å². The van der Waals surface area contributed by atoms with Gasteiger partial charge in [0.25, 0.3) is 0 Å². The van der Waals surface area contributed by atoms with Gasteiger partial charge in [-0.25, -0.2) is 0 Å². The van der Waals surface area contributed by atoms with Crippen molar-refractivity contribution in [2.24, 2.45) is 13.0 Å². The highest BCUT2D eigenvalue weighted by Crippen LogP contribution is 2.33. The molecular weight excluding hydrogens is 311 g/mol. The highest BCUT2D eigenvalue weighted by molar-refractivity contribution is 5.85. The molecule has 0 spiro atoms. The average Bonchev–Trinajstić information content (AvgIpc) is 3.07. The molecule has 0 aliphatic carbocycles. The second-order valence-electron chi connectivity index (χ2n) is 5.68. The van der Waals surface area contributed by atoms with E-state index in [9.17, 15) is 4.79 Å². The molecule has 120 valence electrons. The van der Waals surface area contributed by atoms with Gasteiger partial charge >= 0.3 is 0 Å². The van der Waals surface area contributed by atoms with Gasteiger partial charge in [0.1, 0.15) is 0 Å². The molecule has 2 aliphatic heterocycles. The average molecular weight is 335 g/mol. The van der Waals surface area contributed by atoms with Gasteiger partial charge in [0.15, 0.2) is 0 Å². The first-order valence-electron chi connectivity index (χ1n) is 7.25. The lowest BCUT2D eigenvalue weighted by molar-refractivity contribution is -0.137. The van der Waals surface area contributed by atoms with E-state index in [4.69, 9.17) is 0 Å². The number of nitrogens with one attached hydrogen (secondary N) is 1. The van der Waals surface area contributed by atoms with Gasteiger partial charge < -0.3 is 10.2 Å². The van der Waals surface area contributed by atoms with E-state index in [1.807, 2.05) is 24.1 Å². The van der Waals surface area contributed by atoms with Crippen molar-refractivity contribution in [1.29, 1.82) is 0 Å². The Morgan fingerprint density at radius 2 is 2.14 bits per heavy atom. The standard InChI is InChI=1S/C14H22N4O.2ClH/c1-17-10-12(9-16-17)13-5-3-7-18(13)14(19)11-4-2-6-15-8-11;;/h9-11,13,15H,2-8H2,1H3;2*1H/t11-,13?;;/m1../s1. The Hall–Kier alpha value is -0.780. The van der Waals surface area contributed by atoms with Crippen LogP contribution in [0.1, 0.15) is 37.3 Å². The van der Waals surface area contributed by atoms with Gasteiger partial charge in [-0.05, 0) is 32.2 Å². The van der Waals surface area contributed by atoms with E-state index in [-0.39, 0.29) is 36.8 Å². The summed E-state index contributed by atoms with van der Waals surface area (Å²) in [4.78, 5) is 14.7. The second-order valence-corrected chi connectivity index (χ2v) is 5.68. The van der Waals surface area contributed by atoms with Crippen LogP contribution in [0.25, 0.3) is 0 Å². The van der Waals surface area contributed by atoms with Crippen molar-refractivity contribution in [3.63, 3.8) is 0 Å². The Labute approximate surface area is 138 Å². The first-order valence-corrected chi connectivity index (χ1v) is 7.25. The number of halogens is 2. The van der Waals surface area contributed by atoms with Crippen LogP contribution >= 0.6 is 24.8 Å². The molecule has 1 N–H and O–H groups in total. The van der Waals surface area contributed by atoms with Crippen LogP contribution in [0, 0.1) is 5.92 Å². The molecular formula is C14H24Cl2N4O. The summed E-state index contributed by atoms with van der Waals surface area (Å²) < 4.78 is 1.82. The van der Waals surface area contributed by atoms with E-state index >= 15 is 0 Å². The molecule has 2 atom stereocenters. The Bertz CT molecular complexity index is 460. The van der Waals surface area contributed by atoms with Crippen LogP contribution in [0.2, 0.25) is 0 Å². The highest BCUT2D eigenvalue weighted by atomic mass is 35.5. The number of aromatic nitrogens is 2. The number of hydrogen-bond donors (Lipinski definition) is 1. The van der Waals surface area contributed by atoms with Crippen molar-refractivity contribution in [1.82, 2.24) is 20.0 Å². The van der Waals surface area contributed by atoms with Crippen LogP contribution in [0.5, 0.6) is 0 Å². The molecule has 1 aromatic heterocycles. The minimum absolute atomic E-state index is 0. The van der Waals surface area contributed by atoms with Gasteiger partial charge in [0.05, 0.1) is 18.2 Å². The number of carbonyl (C=O) groups excluding carboxylic acids is 1. The van der Waals surface area contributed by atoms with Crippen LogP contribution in [-0.4, -0.2) is 40.2 Å². The van der Waals surface area contributed by atoms with E-state index in [2.05, 4.69) is 15.3 Å². The van der Waals surface area contributed by atoms with Crippen LogP contribution in [-0.2, 0) is 11.8 Å². The third-order valence-corrected chi connectivity index (χ3v) is 4.29. The summed E-state index contributed by atoms with van der Waals surface area (Å²) in [5.41, 5.74) is 1.18. The number of hydrogen-bond acceptors (Lipinski definition) is 3. The zero-order valence-electron chi connectivity index (χ0n) is 12.3. The van der Waals surface area contributed by atoms with Crippen molar-refractivity contribution in [2.75, 3.05) is 19.6 Å². The summed E-state index contributed by atoms with van der Waals surface area (Å²) in [6.45, 7) is 2.79. The lowest BCUT2D eigenvalue weighted by Gasteiger charge is -2.30. The van der Waals surface area contributed by atoms with Gasteiger partial charge in [-0.3, -0.25) is 9.48 Å². The van der Waals surface area contributed by atoms with Crippen LogP contribution in [0.3, 0.4) is 0 Å². The third-order valence-electron chi connectivity index (χ3n) is 4.29. The number of piperidine rings is 1. The lowest BCUT2D eigenvalue weighted by Crippen LogP contribution is -2.42. The molecule has 2 saturated heterocycles. The molecule has 2 fully saturated rings. The maximum absolute atomic E-state index is 12.6. The minimum atomic E-state index is 0. The molecule has 1 aromatic rings. The van der Waals surface area contributed by atoms with Gasteiger partial charge in [0.2, 0.25) is 5.91 Å². The maximum Gasteiger partial charge on any atom is 0.227 e. The van der Waals surface area contributed by atoms with Gasteiger partial charge in [0, 0.05) is 31.9 Å². The fourth-order valence-corrected chi connectivity index (χ4v) is 3.29. The first-order chi connectivity index (χ1) is 9.25. The van der Waals surface area contributed by atoms with Crippen LogP contribution in [0.15, 0.2) is 12.4 Å². The normalized spacial score (nSPS) is 25.1. The largest absolute Gasteiger partial charge is 0.335 e. The van der Waals surface area contributed by atoms with Crippen molar-refractivity contribution in [3.8, 4) is 0 Å². The van der Waals surface area contributed by atoms with Crippen molar-refractivity contribution < 1.29 is 4.79 Å². The summed E-state index contributed by atoms with van der Waals surface area (Å²) in [6.07, 6.45) is 8.25. The van der Waals surface area contributed by atoms with E-state index in [0.717, 1.165) is 45.3 Å². The van der Waals surface area contributed by atoms with Crippen LogP contribution in [0.4, 0.5) is 0 Å². The van der Waals surface area contributed by atoms with Crippen molar-refractivity contribution in [3.05, 3.63) is 18.0 Å². The number of aryl methyl sites for hydroxylation is 1. The topological polar surface area (TPSA) is 50.2 Å². The molecule has 0 aromatic carbocycles. The predicted octanol–water partition coefficient (Wildman–Crippen LogP) is 1.93. The molecule has 7 heteroatoms. The Kier molecular flexibility index (Phi) is 6.97. The molecule has 3 rings (SSSR count). The number of nitrogens with zero attached hydrogens (tertiary/aromatic N) is 3. The van der Waals surface area contributed by atoms with E-state index in [1.54, 1.807) is 0 Å². The molecule has 2 aliphatic rings. The van der Waals surface area contributed by atoms with Gasteiger partial charge in [-0.15, -0.1) is 24.8 Å². The summed E-state index contributed by atoms with van der Waals surface area (Å²) in [7, 11) is 1.93. The molecule has 1 amide bonds. The molecule has 5 nitrogen and oxygen atoms in total. The quantitative estimate of drug-likeness (QED) is 0.898. The molecule has 3 heterocycles. The Balaban J connectivity index is 0.00000110. The van der Waals surface area contributed by atoms with Crippen LogP contribution < -0.4 is 5.32 Å². The SMILES string of the molecule is Cl.Cl.Cn1cc(C2CCCN2C(=O)[C@@H]2CCCNC2)cn1. The van der Waals surface area contributed by atoms with E-state index < -0.39 is 0 Å².